The van der Waals surface area contributed by atoms with Crippen molar-refractivity contribution in [3.63, 3.8) is 0 Å². The normalized spacial score (nSPS) is 17.4. The Morgan fingerprint density at radius 1 is 0.564 bits per heavy atom. The van der Waals surface area contributed by atoms with Gasteiger partial charge in [0.1, 0.15) is 0 Å². The van der Waals surface area contributed by atoms with Crippen LogP contribution in [0.1, 0.15) is 17.5 Å². The van der Waals surface area contributed by atoms with Crippen molar-refractivity contribution in [3.8, 4) is 0 Å². The Morgan fingerprint density at radius 3 is 1.64 bits per heavy atom. The summed E-state index contributed by atoms with van der Waals surface area (Å²) in [4.78, 5) is 0. The number of nitrogens with one attached hydrogen (secondary N) is 8. The largest absolute Gasteiger partial charge is 0.399 e. The van der Waals surface area contributed by atoms with E-state index in [0.29, 0.717) is 0 Å². The van der Waals surface area contributed by atoms with Crippen molar-refractivity contribution in [2.45, 2.75) is 25.0 Å². The molecule has 0 amide bonds. The van der Waals surface area contributed by atoms with Crippen molar-refractivity contribution in [2.24, 2.45) is 0 Å². The van der Waals surface area contributed by atoms with Crippen molar-refractivity contribution in [1.82, 2.24) is 42.5 Å². The molecule has 0 unspecified atom stereocenters. The lowest BCUT2D eigenvalue weighted by Gasteiger charge is -2.36. The third-order valence-corrected chi connectivity index (χ3v) is 6.97. The summed E-state index contributed by atoms with van der Waals surface area (Å²) in [6.45, 7) is 13.9. The maximum atomic E-state index is 5.90. The van der Waals surface area contributed by atoms with Gasteiger partial charge in [-0.15, -0.1) is 0 Å². The first-order chi connectivity index (χ1) is 19.2. The molecule has 0 atom stereocenters. The van der Waals surface area contributed by atoms with Crippen molar-refractivity contribution in [3.05, 3.63) is 59.7 Å². The fourth-order valence-corrected chi connectivity index (χ4v) is 4.57. The zero-order valence-corrected chi connectivity index (χ0v) is 23.6. The maximum Gasteiger partial charge on any atom is 0.0561 e. The molecule has 218 valence electrons. The Labute approximate surface area is 235 Å². The van der Waals surface area contributed by atoms with Crippen LogP contribution >= 0.6 is 0 Å². The second kappa shape index (κ2) is 18.9. The summed E-state index contributed by atoms with van der Waals surface area (Å²) in [6.07, 6.45) is 1.16. The van der Waals surface area contributed by atoms with Crippen molar-refractivity contribution < 1.29 is 0 Å². The Hall–Kier alpha value is -2.28. The van der Waals surface area contributed by atoms with Crippen molar-refractivity contribution >= 4 is 11.4 Å². The Balaban J connectivity index is 1.43. The van der Waals surface area contributed by atoms with Crippen LogP contribution < -0.4 is 54.0 Å². The smallest absolute Gasteiger partial charge is 0.0561 e. The monoisotopic (exact) mass is 540 g/mol. The minimum absolute atomic E-state index is 0.133. The van der Waals surface area contributed by atoms with E-state index in [9.17, 15) is 0 Å². The van der Waals surface area contributed by atoms with Gasteiger partial charge >= 0.3 is 0 Å². The molecule has 0 saturated carbocycles. The summed E-state index contributed by atoms with van der Waals surface area (Å²) in [5.74, 6) is 0. The highest BCUT2D eigenvalue weighted by atomic mass is 15.1. The van der Waals surface area contributed by atoms with Crippen LogP contribution in [0.25, 0.3) is 0 Å². The molecular weight excluding hydrogens is 488 g/mol. The molecular formula is C29H52N10. The molecule has 39 heavy (non-hydrogen) atoms. The molecule has 10 heteroatoms. The molecule has 0 spiro atoms. The lowest BCUT2D eigenvalue weighted by Crippen LogP contribution is -2.64. The van der Waals surface area contributed by atoms with Crippen LogP contribution in [0.15, 0.2) is 48.5 Å². The molecule has 0 bridgehead atoms. The number of anilines is 2. The van der Waals surface area contributed by atoms with Gasteiger partial charge in [-0.1, -0.05) is 24.3 Å². The minimum atomic E-state index is -0.133. The van der Waals surface area contributed by atoms with Gasteiger partial charge in [-0.3, -0.25) is 0 Å². The van der Waals surface area contributed by atoms with Gasteiger partial charge < -0.3 is 54.0 Å². The minimum Gasteiger partial charge on any atom is -0.399 e. The van der Waals surface area contributed by atoms with E-state index in [1.165, 1.54) is 11.1 Å². The zero-order valence-electron chi connectivity index (χ0n) is 23.6. The van der Waals surface area contributed by atoms with Gasteiger partial charge in [0, 0.05) is 96.5 Å². The van der Waals surface area contributed by atoms with Crippen molar-refractivity contribution in [2.75, 3.05) is 96.5 Å². The van der Waals surface area contributed by atoms with E-state index in [1.54, 1.807) is 0 Å². The molecule has 12 N–H and O–H groups in total. The van der Waals surface area contributed by atoms with Crippen LogP contribution in [0.3, 0.4) is 0 Å². The van der Waals surface area contributed by atoms with Gasteiger partial charge in [0.25, 0.3) is 0 Å². The third-order valence-electron chi connectivity index (χ3n) is 6.97. The summed E-state index contributed by atoms with van der Waals surface area (Å²) in [5.41, 5.74) is 15.6. The van der Waals surface area contributed by atoms with Gasteiger partial charge in [0.05, 0.1) is 5.54 Å². The lowest BCUT2D eigenvalue weighted by atomic mass is 9.97. The molecule has 1 aliphatic heterocycles. The summed E-state index contributed by atoms with van der Waals surface area (Å²) < 4.78 is 0. The van der Waals surface area contributed by atoms with Gasteiger partial charge in [-0.25, -0.2) is 0 Å². The molecule has 10 nitrogen and oxygen atoms in total. The van der Waals surface area contributed by atoms with Crippen LogP contribution in [0.4, 0.5) is 11.4 Å². The molecule has 0 aromatic heterocycles. The molecule has 1 fully saturated rings. The van der Waals surface area contributed by atoms with Crippen LogP contribution in [-0.4, -0.2) is 90.6 Å². The van der Waals surface area contributed by atoms with Crippen molar-refractivity contribution in [1.29, 1.82) is 0 Å². The fourth-order valence-electron chi connectivity index (χ4n) is 4.57. The van der Waals surface area contributed by atoms with Crippen LogP contribution in [0, 0.1) is 0 Å². The molecule has 1 heterocycles. The summed E-state index contributed by atoms with van der Waals surface area (Å²) in [5, 5.41) is 29.1. The van der Waals surface area contributed by atoms with Gasteiger partial charge in [0.15, 0.2) is 0 Å². The maximum absolute atomic E-state index is 5.90. The first kappa shape index (κ1) is 31.3. The molecule has 2 aromatic carbocycles. The first-order valence-corrected chi connectivity index (χ1v) is 14.5. The molecule has 1 aliphatic rings. The number of nitrogen functional groups attached to an aromatic ring is 2. The lowest BCUT2D eigenvalue weighted by molar-refractivity contribution is 0.277. The van der Waals surface area contributed by atoms with Crippen LogP contribution in [0.2, 0.25) is 0 Å². The van der Waals surface area contributed by atoms with E-state index in [0.717, 1.165) is 116 Å². The Kier molecular flexibility index (Phi) is 15.2. The van der Waals surface area contributed by atoms with Gasteiger partial charge in [-0.2, -0.15) is 0 Å². The Morgan fingerprint density at radius 2 is 1.05 bits per heavy atom. The summed E-state index contributed by atoms with van der Waals surface area (Å²) in [6, 6.07) is 16.2. The van der Waals surface area contributed by atoms with E-state index >= 15 is 0 Å². The van der Waals surface area contributed by atoms with E-state index < -0.39 is 0 Å². The Bertz CT molecular complexity index is 861. The highest BCUT2D eigenvalue weighted by Gasteiger charge is 2.28. The second-order valence-corrected chi connectivity index (χ2v) is 10.4. The first-order valence-electron chi connectivity index (χ1n) is 14.5. The number of benzene rings is 2. The SMILES string of the molecule is Nc1ccc(CNCCNCCNCC2(NCc3ccc(N)cc3)CNCCNCCCNCCNC2)cc1. The molecule has 3 rings (SSSR count). The van der Waals surface area contributed by atoms with E-state index in [1.807, 2.05) is 24.3 Å². The highest BCUT2D eigenvalue weighted by molar-refractivity contribution is 5.39. The van der Waals surface area contributed by atoms with E-state index in [4.69, 9.17) is 11.5 Å². The van der Waals surface area contributed by atoms with Crippen LogP contribution in [-0.2, 0) is 13.1 Å². The molecule has 1 saturated heterocycles. The standard InChI is InChI=1S/C29H52N10/c30-27-6-2-25(3-7-27)20-35-16-12-34-15-19-38-24-29(39-21-26-4-8-28(31)9-5-26)22-36-17-13-32-10-1-11-33-14-18-37-23-29/h2-9,32-39H,1,10-24,30-31H2. The number of hydrogen-bond acceptors (Lipinski definition) is 10. The van der Waals surface area contributed by atoms with Gasteiger partial charge in [-0.05, 0) is 54.9 Å². The molecule has 2 aromatic rings. The third kappa shape index (κ3) is 13.6. The van der Waals surface area contributed by atoms with Gasteiger partial charge in [0.2, 0.25) is 0 Å². The number of rotatable bonds is 13. The average Bonchev–Trinajstić information content (AvgIpc) is 2.95. The number of hydrogen-bond donors (Lipinski definition) is 10. The summed E-state index contributed by atoms with van der Waals surface area (Å²) in [7, 11) is 0. The predicted molar refractivity (Wildman–Crippen MR) is 165 cm³/mol. The van der Waals surface area contributed by atoms with E-state index in [-0.39, 0.29) is 5.54 Å². The number of nitrogens with two attached hydrogens (primary N) is 2. The quantitative estimate of drug-likeness (QED) is 0.118. The zero-order chi connectivity index (χ0) is 27.4. The summed E-state index contributed by atoms with van der Waals surface area (Å²) >= 11 is 0. The molecule has 0 aliphatic carbocycles. The second-order valence-electron chi connectivity index (χ2n) is 10.4. The predicted octanol–water partition coefficient (Wildman–Crippen LogP) is -0.589. The fraction of sp³-hybridized carbons (Fsp3) is 0.586. The average molecular weight is 541 g/mol. The van der Waals surface area contributed by atoms with Crippen LogP contribution in [0.5, 0.6) is 0 Å². The van der Waals surface area contributed by atoms with E-state index in [2.05, 4.69) is 66.8 Å². The molecule has 0 radical (unpaired) electrons. The topological polar surface area (TPSA) is 148 Å². The highest BCUT2D eigenvalue weighted by Crippen LogP contribution is 2.09.